The van der Waals surface area contributed by atoms with Gasteiger partial charge in [-0.15, -0.1) is 0 Å². The Hall–Kier alpha value is -2.86. The molecule has 6 heteroatoms. The van der Waals surface area contributed by atoms with E-state index < -0.39 is 5.41 Å². The van der Waals surface area contributed by atoms with Gasteiger partial charge in [-0.25, -0.2) is 4.52 Å². The maximum Gasteiger partial charge on any atom is 0.233 e. The summed E-state index contributed by atoms with van der Waals surface area (Å²) in [5.41, 5.74) is 3.07. The number of pyridine rings is 1. The normalized spacial score (nSPS) is 20.9. The zero-order valence-electron chi connectivity index (χ0n) is 18.7. The van der Waals surface area contributed by atoms with Gasteiger partial charge in [-0.3, -0.25) is 4.79 Å². The highest BCUT2D eigenvalue weighted by Crippen LogP contribution is 2.43. The Morgan fingerprint density at radius 1 is 1.19 bits per heavy atom. The van der Waals surface area contributed by atoms with Crippen molar-refractivity contribution < 1.29 is 14.3 Å². The number of methoxy groups -OCH3 is 1. The number of hydrogen-bond acceptors (Lipinski definition) is 4. The molecule has 1 aliphatic carbocycles. The summed E-state index contributed by atoms with van der Waals surface area (Å²) >= 11 is 0. The first-order valence-corrected chi connectivity index (χ1v) is 11.6. The van der Waals surface area contributed by atoms with Gasteiger partial charge in [0.05, 0.1) is 31.3 Å². The Kier molecular flexibility index (Phi) is 5.87. The van der Waals surface area contributed by atoms with E-state index in [-0.39, 0.29) is 11.8 Å². The molecule has 168 valence electrons. The Morgan fingerprint density at radius 2 is 2.00 bits per heavy atom. The van der Waals surface area contributed by atoms with Crippen LogP contribution in [0.15, 0.2) is 54.9 Å². The van der Waals surface area contributed by atoms with E-state index in [9.17, 15) is 4.79 Å². The van der Waals surface area contributed by atoms with Crippen molar-refractivity contribution >= 4 is 11.4 Å². The maximum atomic E-state index is 14.0. The molecular formula is C26H31N3O3. The van der Waals surface area contributed by atoms with Crippen molar-refractivity contribution in [2.75, 3.05) is 33.4 Å². The van der Waals surface area contributed by atoms with Gasteiger partial charge < -0.3 is 14.4 Å². The average Bonchev–Trinajstić information content (AvgIpc) is 3.46. The van der Waals surface area contributed by atoms with Crippen molar-refractivity contribution in [3.05, 3.63) is 66.0 Å². The summed E-state index contributed by atoms with van der Waals surface area (Å²) in [6, 6.07) is 14.3. The molecular weight excluding hydrogens is 402 g/mol. The number of rotatable bonds is 5. The second-order valence-electron chi connectivity index (χ2n) is 9.11. The molecule has 1 aromatic carbocycles. The summed E-state index contributed by atoms with van der Waals surface area (Å²) in [6.07, 6.45) is 8.68. The Labute approximate surface area is 189 Å². The first-order valence-electron chi connectivity index (χ1n) is 11.6. The number of carbonyl (C=O) groups is 1. The van der Waals surface area contributed by atoms with Crippen LogP contribution in [0.4, 0.5) is 0 Å². The third kappa shape index (κ3) is 3.88. The molecule has 0 radical (unpaired) electrons. The minimum absolute atomic E-state index is 0.261. The lowest BCUT2D eigenvalue weighted by Gasteiger charge is -2.35. The summed E-state index contributed by atoms with van der Waals surface area (Å²) in [4.78, 5) is 16.1. The Morgan fingerprint density at radius 3 is 2.78 bits per heavy atom. The quantitative estimate of drug-likeness (QED) is 0.613. The van der Waals surface area contributed by atoms with E-state index in [1.54, 1.807) is 7.11 Å². The lowest BCUT2D eigenvalue weighted by Crippen LogP contribution is -2.47. The summed E-state index contributed by atoms with van der Waals surface area (Å²) in [6.45, 7) is 2.66. The fraction of sp³-hybridized carbons (Fsp3) is 0.462. The summed E-state index contributed by atoms with van der Waals surface area (Å²) in [7, 11) is 1.67. The molecule has 32 heavy (non-hydrogen) atoms. The van der Waals surface area contributed by atoms with Gasteiger partial charge in [-0.05, 0) is 54.7 Å². The fourth-order valence-electron chi connectivity index (χ4n) is 5.50. The number of carbonyl (C=O) groups excluding carboxylic acids is 1. The molecule has 6 nitrogen and oxygen atoms in total. The number of hydrogen-bond donors (Lipinski definition) is 0. The van der Waals surface area contributed by atoms with Gasteiger partial charge in [0.25, 0.3) is 0 Å². The van der Waals surface area contributed by atoms with Crippen LogP contribution in [0, 0.1) is 5.92 Å². The van der Waals surface area contributed by atoms with Gasteiger partial charge in [0.1, 0.15) is 5.75 Å². The van der Waals surface area contributed by atoms with Gasteiger partial charge in [-0.2, -0.15) is 5.10 Å². The van der Waals surface area contributed by atoms with E-state index in [0.717, 1.165) is 55.5 Å². The molecule has 0 bridgehead atoms. The van der Waals surface area contributed by atoms with Gasteiger partial charge in [0.15, 0.2) is 0 Å². The van der Waals surface area contributed by atoms with E-state index in [4.69, 9.17) is 9.47 Å². The van der Waals surface area contributed by atoms with E-state index in [2.05, 4.69) is 28.2 Å². The van der Waals surface area contributed by atoms with Crippen molar-refractivity contribution in [1.29, 1.82) is 0 Å². The van der Waals surface area contributed by atoms with Crippen molar-refractivity contribution in [3.63, 3.8) is 0 Å². The molecule has 1 saturated heterocycles. The van der Waals surface area contributed by atoms with E-state index in [0.29, 0.717) is 19.8 Å². The van der Waals surface area contributed by atoms with Crippen molar-refractivity contribution in [3.8, 4) is 5.75 Å². The molecule has 3 heterocycles. The zero-order chi connectivity index (χ0) is 22.0. The highest BCUT2D eigenvalue weighted by atomic mass is 16.5. The van der Waals surface area contributed by atoms with Crippen molar-refractivity contribution in [2.45, 2.75) is 37.5 Å². The minimum Gasteiger partial charge on any atom is -0.497 e. The SMILES string of the molecule is COc1ccc(C2(C(=O)N3CCOC[C@H](Cc4cccn5nccc45)C3)CCCC2)cc1. The van der Waals surface area contributed by atoms with Crippen molar-refractivity contribution in [2.24, 2.45) is 5.92 Å². The molecule has 1 saturated carbocycles. The van der Waals surface area contributed by atoms with Gasteiger partial charge >= 0.3 is 0 Å². The number of amides is 1. The first-order chi connectivity index (χ1) is 15.7. The zero-order valence-corrected chi connectivity index (χ0v) is 18.7. The van der Waals surface area contributed by atoms with Crippen LogP contribution in [0.5, 0.6) is 5.75 Å². The van der Waals surface area contributed by atoms with Gasteiger partial charge in [0, 0.05) is 31.4 Å². The smallest absolute Gasteiger partial charge is 0.233 e. The highest BCUT2D eigenvalue weighted by Gasteiger charge is 2.45. The minimum atomic E-state index is -0.424. The van der Waals surface area contributed by atoms with Crippen LogP contribution >= 0.6 is 0 Å². The van der Waals surface area contributed by atoms with Crippen LogP contribution in [0.2, 0.25) is 0 Å². The fourth-order valence-corrected chi connectivity index (χ4v) is 5.50. The largest absolute Gasteiger partial charge is 0.497 e. The van der Waals surface area contributed by atoms with Crippen LogP contribution in [-0.2, 0) is 21.4 Å². The van der Waals surface area contributed by atoms with E-state index in [1.807, 2.05) is 41.2 Å². The second-order valence-corrected chi connectivity index (χ2v) is 9.11. The number of benzene rings is 1. The molecule has 1 amide bonds. The van der Waals surface area contributed by atoms with Gasteiger partial charge in [0.2, 0.25) is 5.91 Å². The highest BCUT2D eigenvalue weighted by molar-refractivity contribution is 5.88. The third-order valence-electron chi connectivity index (χ3n) is 7.17. The van der Waals surface area contributed by atoms with Crippen LogP contribution in [0.1, 0.15) is 36.8 Å². The molecule has 5 rings (SSSR count). The summed E-state index contributed by atoms with van der Waals surface area (Å²) in [5, 5.41) is 4.35. The monoisotopic (exact) mass is 433 g/mol. The third-order valence-corrected chi connectivity index (χ3v) is 7.17. The number of nitrogens with zero attached hydrogens (tertiary/aromatic N) is 3. The Balaban J connectivity index is 1.38. The van der Waals surface area contributed by atoms with Crippen LogP contribution in [-0.4, -0.2) is 53.8 Å². The summed E-state index contributed by atoms with van der Waals surface area (Å²) in [5.74, 6) is 1.35. The molecule has 2 fully saturated rings. The number of fused-ring (bicyclic) bond motifs is 1. The lowest BCUT2D eigenvalue weighted by molar-refractivity contribution is -0.137. The number of aromatic nitrogens is 2. The van der Waals surface area contributed by atoms with Crippen LogP contribution in [0.25, 0.3) is 5.52 Å². The number of ether oxygens (including phenoxy) is 2. The van der Waals surface area contributed by atoms with Crippen LogP contribution in [0.3, 0.4) is 0 Å². The molecule has 1 aliphatic heterocycles. The Bertz CT molecular complexity index is 1070. The summed E-state index contributed by atoms with van der Waals surface area (Å²) < 4.78 is 13.2. The molecule has 2 aromatic heterocycles. The molecule has 0 unspecified atom stereocenters. The first kappa shape index (κ1) is 21.0. The molecule has 0 N–H and O–H groups in total. The lowest BCUT2D eigenvalue weighted by atomic mass is 9.77. The van der Waals surface area contributed by atoms with Gasteiger partial charge in [-0.1, -0.05) is 31.0 Å². The molecule has 0 spiro atoms. The van der Waals surface area contributed by atoms with E-state index >= 15 is 0 Å². The predicted octanol–water partition coefficient (Wildman–Crippen LogP) is 3.87. The molecule has 2 aliphatic rings. The topological polar surface area (TPSA) is 56.1 Å². The van der Waals surface area contributed by atoms with Crippen LogP contribution < -0.4 is 4.74 Å². The molecule has 1 atom stereocenters. The molecule has 3 aromatic rings. The average molecular weight is 434 g/mol. The van der Waals surface area contributed by atoms with E-state index in [1.165, 1.54) is 5.56 Å². The van der Waals surface area contributed by atoms with Crippen molar-refractivity contribution in [1.82, 2.24) is 14.5 Å². The maximum absolute atomic E-state index is 14.0. The standard InChI is InChI=1S/C26H31N3O3/c1-31-23-8-6-22(7-9-23)26(11-2-3-12-26)25(30)28-15-16-32-19-20(18-28)17-21-5-4-14-29-24(21)10-13-27-29/h4-10,13-14,20H,2-3,11-12,15-19H2,1H3/t20-/m1/s1. The second kappa shape index (κ2) is 8.94. The predicted molar refractivity (Wildman–Crippen MR) is 123 cm³/mol.